The first-order chi connectivity index (χ1) is 16.2. The van der Waals surface area contributed by atoms with Crippen molar-refractivity contribution in [1.82, 2.24) is 10.6 Å². The molecule has 186 valence electrons. The van der Waals surface area contributed by atoms with E-state index in [0.717, 1.165) is 37.7 Å². The number of nitrogens with one attached hydrogen (secondary N) is 2. The van der Waals surface area contributed by atoms with Gasteiger partial charge in [0.1, 0.15) is 18.2 Å². The monoisotopic (exact) mass is 472 g/mol. The van der Waals surface area contributed by atoms with Gasteiger partial charge in [-0.15, -0.1) is 0 Å². The molecule has 4 bridgehead atoms. The van der Waals surface area contributed by atoms with Crippen molar-refractivity contribution in [1.29, 1.82) is 0 Å². The zero-order valence-electron chi connectivity index (χ0n) is 19.6. The Morgan fingerprint density at radius 3 is 2.38 bits per heavy atom. The second-order valence-electron chi connectivity index (χ2n) is 10.5. The molecule has 4 aliphatic carbocycles. The lowest BCUT2D eigenvalue weighted by Crippen LogP contribution is -2.64. The number of unbranched alkanes of at least 4 members (excludes halogenated alkanes) is 1. The average Bonchev–Trinajstić information content (AvgIpc) is 2.75. The number of alkyl carbamates (subject to hydrolysis) is 2. The molecule has 0 saturated heterocycles. The number of hydrogen-bond acceptors (Lipinski definition) is 6. The normalized spacial score (nSPS) is 29.8. The molecule has 3 amide bonds. The van der Waals surface area contributed by atoms with E-state index in [1.54, 1.807) is 0 Å². The van der Waals surface area contributed by atoms with Crippen LogP contribution < -0.4 is 22.1 Å². The van der Waals surface area contributed by atoms with Crippen molar-refractivity contribution in [3.8, 4) is 0 Å². The fourth-order valence-electron chi connectivity index (χ4n) is 6.46. The zero-order chi connectivity index (χ0) is 24.2. The first kappa shape index (κ1) is 24.3. The van der Waals surface area contributed by atoms with Gasteiger partial charge in [0.2, 0.25) is 5.91 Å². The molecule has 6 N–H and O–H groups in total. The molecular weight excluding hydrogens is 436 g/mol. The van der Waals surface area contributed by atoms with Crippen LogP contribution in [0.4, 0.5) is 9.59 Å². The van der Waals surface area contributed by atoms with Gasteiger partial charge in [-0.2, -0.15) is 0 Å². The van der Waals surface area contributed by atoms with E-state index in [4.69, 9.17) is 20.9 Å². The maximum Gasteiger partial charge on any atom is 0.408 e. The zero-order valence-corrected chi connectivity index (χ0v) is 19.6. The number of carbonyl (C=O) groups is 3. The third-order valence-electron chi connectivity index (χ3n) is 7.40. The highest BCUT2D eigenvalue weighted by molar-refractivity contribution is 5.84. The maximum absolute atomic E-state index is 12.4. The van der Waals surface area contributed by atoms with E-state index in [-0.39, 0.29) is 12.1 Å². The summed E-state index contributed by atoms with van der Waals surface area (Å²) < 4.78 is 11.1. The topological polar surface area (TPSA) is 146 Å². The van der Waals surface area contributed by atoms with Crippen LogP contribution in [0.1, 0.15) is 63.4 Å². The Morgan fingerprint density at radius 2 is 1.74 bits per heavy atom. The van der Waals surface area contributed by atoms with Gasteiger partial charge in [-0.3, -0.25) is 4.79 Å². The second kappa shape index (κ2) is 10.2. The smallest absolute Gasteiger partial charge is 0.408 e. The molecule has 4 saturated carbocycles. The molecule has 0 spiro atoms. The molecule has 5 rings (SSSR count). The largest absolute Gasteiger partial charge is 0.445 e. The van der Waals surface area contributed by atoms with Crippen molar-refractivity contribution in [2.45, 2.75) is 81.6 Å². The van der Waals surface area contributed by atoms with Gasteiger partial charge in [-0.05, 0) is 68.8 Å². The summed E-state index contributed by atoms with van der Waals surface area (Å²) in [5.41, 5.74) is 12.2. The summed E-state index contributed by atoms with van der Waals surface area (Å²) in [6.45, 7) is 0.526. The van der Waals surface area contributed by atoms with Crippen molar-refractivity contribution in [3.05, 3.63) is 35.9 Å². The van der Waals surface area contributed by atoms with Gasteiger partial charge in [0.15, 0.2) is 0 Å². The summed E-state index contributed by atoms with van der Waals surface area (Å²) in [5, 5.41) is 5.34. The number of primary amides is 1. The van der Waals surface area contributed by atoms with Gasteiger partial charge >= 0.3 is 12.2 Å². The first-order valence-electron chi connectivity index (χ1n) is 12.3. The standard InChI is InChI=1S/C25H36N4O5/c26-21(30)20(29-23(32)33-15-17-6-2-1-3-7-17)8-4-5-9-28-22(31)34-25-13-18-10-19(14-25)12-24(27,11-18)16-25/h1-3,6-7,18-20H,4-5,8-16,27H2,(H2,26,30)(H,28,31)(H,29,32)/t18?,19?,20-,24?,25?/m0/s1. The molecule has 1 aromatic carbocycles. The molecule has 9 heteroatoms. The molecule has 0 radical (unpaired) electrons. The molecule has 4 fully saturated rings. The Balaban J connectivity index is 1.13. The SMILES string of the molecule is NC(=O)[C@H](CCCCNC(=O)OC12CC3CC(CC(N)(C3)C1)C2)NC(=O)OCc1ccccc1. The van der Waals surface area contributed by atoms with Crippen LogP contribution in [-0.2, 0) is 20.9 Å². The number of amides is 3. The maximum atomic E-state index is 12.4. The lowest BCUT2D eigenvalue weighted by molar-refractivity contribution is -0.135. The minimum absolute atomic E-state index is 0.110. The molecule has 0 heterocycles. The van der Waals surface area contributed by atoms with Crippen molar-refractivity contribution in [3.63, 3.8) is 0 Å². The van der Waals surface area contributed by atoms with Crippen LogP contribution in [0.5, 0.6) is 0 Å². The Bertz CT molecular complexity index is 879. The third-order valence-corrected chi connectivity index (χ3v) is 7.40. The quantitative estimate of drug-likeness (QED) is 0.385. The lowest BCUT2D eigenvalue weighted by Gasteiger charge is -2.59. The summed E-state index contributed by atoms with van der Waals surface area (Å²) >= 11 is 0. The molecule has 2 unspecified atom stereocenters. The van der Waals surface area contributed by atoms with Crippen molar-refractivity contribution in [2.24, 2.45) is 23.3 Å². The minimum Gasteiger partial charge on any atom is -0.445 e. The van der Waals surface area contributed by atoms with Gasteiger partial charge < -0.3 is 31.6 Å². The van der Waals surface area contributed by atoms with Crippen LogP contribution in [0.25, 0.3) is 0 Å². The number of carbonyl (C=O) groups excluding carboxylic acids is 3. The predicted octanol–water partition coefficient (Wildman–Crippen LogP) is 2.71. The van der Waals surface area contributed by atoms with Crippen LogP contribution in [0.15, 0.2) is 30.3 Å². The molecular formula is C25H36N4O5. The number of rotatable bonds is 10. The van der Waals surface area contributed by atoms with Crippen molar-refractivity contribution < 1.29 is 23.9 Å². The van der Waals surface area contributed by atoms with E-state index in [2.05, 4.69) is 10.6 Å². The van der Waals surface area contributed by atoms with Crippen LogP contribution >= 0.6 is 0 Å². The number of ether oxygens (including phenoxy) is 2. The van der Waals surface area contributed by atoms with E-state index in [9.17, 15) is 14.4 Å². The van der Waals surface area contributed by atoms with Crippen LogP contribution in [0.2, 0.25) is 0 Å². The van der Waals surface area contributed by atoms with E-state index in [1.807, 2.05) is 30.3 Å². The fraction of sp³-hybridized carbons (Fsp3) is 0.640. The second-order valence-corrected chi connectivity index (χ2v) is 10.5. The summed E-state index contributed by atoms with van der Waals surface area (Å²) in [6, 6.07) is 8.43. The lowest BCUT2D eigenvalue weighted by atomic mass is 9.51. The van der Waals surface area contributed by atoms with E-state index in [1.165, 1.54) is 6.42 Å². The Morgan fingerprint density at radius 1 is 1.03 bits per heavy atom. The fourth-order valence-corrected chi connectivity index (χ4v) is 6.46. The van der Waals surface area contributed by atoms with Crippen molar-refractivity contribution in [2.75, 3.05) is 6.54 Å². The predicted molar refractivity (Wildman–Crippen MR) is 125 cm³/mol. The molecule has 1 aromatic rings. The Labute approximate surface area is 200 Å². The van der Waals surface area contributed by atoms with Crippen LogP contribution in [0.3, 0.4) is 0 Å². The highest BCUT2D eigenvalue weighted by Crippen LogP contribution is 2.57. The minimum atomic E-state index is -0.831. The van der Waals surface area contributed by atoms with Crippen LogP contribution in [-0.4, -0.2) is 41.8 Å². The van der Waals surface area contributed by atoms with Gasteiger partial charge in [-0.25, -0.2) is 9.59 Å². The van der Waals surface area contributed by atoms with Gasteiger partial charge in [-0.1, -0.05) is 30.3 Å². The number of benzene rings is 1. The van der Waals surface area contributed by atoms with Gasteiger partial charge in [0.05, 0.1) is 0 Å². The Kier molecular flexibility index (Phi) is 7.30. The molecule has 34 heavy (non-hydrogen) atoms. The third kappa shape index (κ3) is 6.20. The van der Waals surface area contributed by atoms with Gasteiger partial charge in [0, 0.05) is 18.5 Å². The Hall–Kier alpha value is -2.81. The number of hydrogen-bond donors (Lipinski definition) is 4. The van der Waals surface area contributed by atoms with Crippen LogP contribution in [0, 0.1) is 11.8 Å². The summed E-state index contributed by atoms with van der Waals surface area (Å²) in [7, 11) is 0. The first-order valence-corrected chi connectivity index (χ1v) is 12.3. The molecule has 9 nitrogen and oxygen atoms in total. The summed E-state index contributed by atoms with van der Waals surface area (Å²) in [4.78, 5) is 36.2. The average molecular weight is 473 g/mol. The van der Waals surface area contributed by atoms with Gasteiger partial charge in [0.25, 0.3) is 0 Å². The summed E-state index contributed by atoms with van der Waals surface area (Å²) in [6.07, 6.45) is 6.37. The highest BCUT2D eigenvalue weighted by Gasteiger charge is 2.58. The summed E-state index contributed by atoms with van der Waals surface area (Å²) in [5.74, 6) is 0.509. The number of nitrogens with two attached hydrogens (primary N) is 2. The van der Waals surface area contributed by atoms with E-state index >= 15 is 0 Å². The van der Waals surface area contributed by atoms with E-state index < -0.39 is 29.7 Å². The highest BCUT2D eigenvalue weighted by atomic mass is 16.6. The molecule has 0 aromatic heterocycles. The molecule has 3 atom stereocenters. The molecule has 4 aliphatic rings. The van der Waals surface area contributed by atoms with E-state index in [0.29, 0.717) is 37.6 Å². The molecule has 0 aliphatic heterocycles. The van der Waals surface area contributed by atoms with Crippen molar-refractivity contribution >= 4 is 18.1 Å².